The van der Waals surface area contributed by atoms with E-state index in [0.717, 1.165) is 58.8 Å². The first-order valence-electron chi connectivity index (χ1n) is 11.2. The molecule has 0 N–H and O–H groups in total. The van der Waals surface area contributed by atoms with Crippen molar-refractivity contribution in [1.29, 1.82) is 0 Å². The number of piperidine rings is 1. The Labute approximate surface area is 193 Å². The molecule has 3 heterocycles. The van der Waals surface area contributed by atoms with Gasteiger partial charge in [0.15, 0.2) is 5.84 Å². The minimum atomic E-state index is -0.703. The molecule has 5 nitrogen and oxygen atoms in total. The van der Waals surface area contributed by atoms with Crippen molar-refractivity contribution in [1.82, 2.24) is 9.88 Å². The first-order valence-corrected chi connectivity index (χ1v) is 11.2. The first-order chi connectivity index (χ1) is 16.1. The summed E-state index contributed by atoms with van der Waals surface area (Å²) in [6.07, 6.45) is 8.32. The lowest BCUT2D eigenvalue weighted by molar-refractivity contribution is -0.109. The quantitative estimate of drug-likeness (QED) is 0.487. The maximum absolute atomic E-state index is 13.5. The van der Waals surface area contributed by atoms with Crippen molar-refractivity contribution < 1.29 is 14.0 Å². The third-order valence-electron chi connectivity index (χ3n) is 6.42. The summed E-state index contributed by atoms with van der Waals surface area (Å²) in [4.78, 5) is 12.4. The number of nitrogens with zero attached hydrogens (tertiary/aromatic N) is 3. The molecular formula is C27H26FN3O2. The summed E-state index contributed by atoms with van der Waals surface area (Å²) in [5.74, 6) is 1.40. The number of aromatic nitrogens is 1. The van der Waals surface area contributed by atoms with Crippen molar-refractivity contribution in [3.8, 4) is 16.9 Å². The van der Waals surface area contributed by atoms with Gasteiger partial charge in [0.25, 0.3) is 0 Å². The van der Waals surface area contributed by atoms with Gasteiger partial charge in [-0.25, -0.2) is 4.39 Å². The van der Waals surface area contributed by atoms with Crippen LogP contribution in [0.2, 0.25) is 0 Å². The maximum atomic E-state index is 13.5. The van der Waals surface area contributed by atoms with Gasteiger partial charge in [0.05, 0.1) is 7.11 Å². The van der Waals surface area contributed by atoms with E-state index in [4.69, 9.17) is 9.57 Å². The first kappa shape index (κ1) is 21.2. The average molecular weight is 444 g/mol. The Hall–Kier alpha value is -3.67. The molecule has 0 saturated carbocycles. The van der Waals surface area contributed by atoms with Gasteiger partial charge < -0.3 is 14.5 Å². The molecule has 168 valence electrons. The molecule has 2 aliphatic rings. The van der Waals surface area contributed by atoms with E-state index in [-0.39, 0.29) is 5.82 Å². The molecule has 0 aliphatic carbocycles. The lowest BCUT2D eigenvalue weighted by Crippen LogP contribution is -2.48. The fourth-order valence-electron chi connectivity index (χ4n) is 4.73. The molecule has 0 amide bonds. The normalized spacial score (nSPS) is 20.9. The van der Waals surface area contributed by atoms with Gasteiger partial charge >= 0.3 is 0 Å². The van der Waals surface area contributed by atoms with Gasteiger partial charge in [0.1, 0.15) is 11.6 Å². The molecule has 0 spiro atoms. The van der Waals surface area contributed by atoms with Gasteiger partial charge in [-0.2, -0.15) is 0 Å². The van der Waals surface area contributed by atoms with Crippen LogP contribution in [0.15, 0.2) is 77.7 Å². The molecule has 1 atom stereocenters. The molecule has 0 radical (unpaired) electrons. The predicted octanol–water partition coefficient (Wildman–Crippen LogP) is 5.98. The molecule has 3 aromatic rings. The third-order valence-corrected chi connectivity index (χ3v) is 6.42. The van der Waals surface area contributed by atoms with E-state index >= 15 is 0 Å². The second-order valence-electron chi connectivity index (χ2n) is 8.27. The van der Waals surface area contributed by atoms with Crippen LogP contribution in [0.1, 0.15) is 37.3 Å². The van der Waals surface area contributed by atoms with Gasteiger partial charge in [-0.1, -0.05) is 36.3 Å². The summed E-state index contributed by atoms with van der Waals surface area (Å²) in [6.45, 7) is 2.91. The average Bonchev–Trinajstić information content (AvgIpc) is 3.26. The Balaban J connectivity index is 1.47. The highest BCUT2D eigenvalue weighted by atomic mass is 19.1. The maximum Gasteiger partial charge on any atom is 0.237 e. The van der Waals surface area contributed by atoms with Crippen molar-refractivity contribution in [3.05, 3.63) is 89.5 Å². The van der Waals surface area contributed by atoms with Crippen molar-refractivity contribution in [2.24, 2.45) is 5.16 Å². The number of rotatable bonds is 5. The fraction of sp³-hybridized carbons (Fsp3) is 0.259. The van der Waals surface area contributed by atoms with E-state index in [1.165, 1.54) is 12.1 Å². The molecule has 0 bridgehead atoms. The zero-order valence-corrected chi connectivity index (χ0v) is 18.8. The van der Waals surface area contributed by atoms with Gasteiger partial charge in [-0.15, -0.1) is 0 Å². The number of pyridine rings is 1. The number of hydrogen-bond acceptors (Lipinski definition) is 5. The Morgan fingerprint density at radius 3 is 2.64 bits per heavy atom. The number of amidine groups is 1. The second-order valence-corrected chi connectivity index (χ2v) is 8.27. The number of oxime groups is 1. The van der Waals surface area contributed by atoms with Crippen molar-refractivity contribution in [2.45, 2.75) is 31.9 Å². The van der Waals surface area contributed by atoms with E-state index in [1.54, 1.807) is 31.6 Å². The molecule has 33 heavy (non-hydrogen) atoms. The number of halogens is 1. The summed E-state index contributed by atoms with van der Waals surface area (Å²) >= 11 is 0. The fourth-order valence-corrected chi connectivity index (χ4v) is 4.73. The van der Waals surface area contributed by atoms with Crippen LogP contribution in [0.25, 0.3) is 17.2 Å². The monoisotopic (exact) mass is 443 g/mol. The molecule has 2 aromatic carbocycles. The summed E-state index contributed by atoms with van der Waals surface area (Å²) in [5, 5.41) is 4.51. The zero-order valence-electron chi connectivity index (χ0n) is 18.8. The van der Waals surface area contributed by atoms with Crippen LogP contribution >= 0.6 is 0 Å². The minimum absolute atomic E-state index is 0.257. The molecule has 5 rings (SSSR count). The lowest BCUT2D eigenvalue weighted by atomic mass is 9.92. The highest BCUT2D eigenvalue weighted by Gasteiger charge is 2.48. The largest absolute Gasteiger partial charge is 0.496 e. The van der Waals surface area contributed by atoms with E-state index in [1.807, 2.05) is 18.2 Å². The van der Waals surface area contributed by atoms with Crippen molar-refractivity contribution >= 4 is 11.9 Å². The van der Waals surface area contributed by atoms with E-state index in [9.17, 15) is 4.39 Å². The number of ether oxygens (including phenoxy) is 1. The van der Waals surface area contributed by atoms with Crippen LogP contribution in [0, 0.1) is 5.82 Å². The number of methoxy groups -OCH3 is 1. The highest BCUT2D eigenvalue weighted by Crippen LogP contribution is 2.42. The Morgan fingerprint density at radius 2 is 1.91 bits per heavy atom. The lowest BCUT2D eigenvalue weighted by Gasteiger charge is -2.39. The highest BCUT2D eigenvalue weighted by molar-refractivity contribution is 6.03. The Kier molecular flexibility index (Phi) is 5.58. The summed E-state index contributed by atoms with van der Waals surface area (Å²) in [5.41, 5.74) is 4.46. The van der Waals surface area contributed by atoms with Crippen molar-refractivity contribution in [3.63, 3.8) is 0 Å². The van der Waals surface area contributed by atoms with Gasteiger partial charge in [0, 0.05) is 36.5 Å². The predicted molar refractivity (Wildman–Crippen MR) is 127 cm³/mol. The summed E-state index contributed by atoms with van der Waals surface area (Å²) in [7, 11) is 1.69. The Bertz CT molecular complexity index is 1210. The Morgan fingerprint density at radius 1 is 1.12 bits per heavy atom. The molecule has 1 fully saturated rings. The number of benzene rings is 2. The molecular weight excluding hydrogens is 417 g/mol. The minimum Gasteiger partial charge on any atom is -0.496 e. The smallest absolute Gasteiger partial charge is 0.237 e. The number of fused-ring (bicyclic) bond motifs is 1. The number of hydrogen-bond donors (Lipinski definition) is 0. The topological polar surface area (TPSA) is 47.0 Å². The van der Waals surface area contributed by atoms with Gasteiger partial charge in [-0.05, 0) is 65.9 Å². The van der Waals surface area contributed by atoms with Crippen LogP contribution in [0.4, 0.5) is 4.39 Å². The molecule has 1 unspecified atom stereocenters. The molecule has 6 heteroatoms. The molecule has 2 aliphatic heterocycles. The van der Waals surface area contributed by atoms with E-state index in [0.29, 0.717) is 6.42 Å². The molecule has 1 saturated heterocycles. The van der Waals surface area contributed by atoms with Crippen LogP contribution in [-0.4, -0.2) is 29.4 Å². The SMILES string of the molecule is CCC1(c2ccc(F)cc2)ON=C2C(=Cc3ccc(-c4ccncc4)c(OC)c3)CCCN21. The summed E-state index contributed by atoms with van der Waals surface area (Å²) < 4.78 is 19.2. The van der Waals surface area contributed by atoms with E-state index in [2.05, 4.69) is 40.2 Å². The standard InChI is InChI=1S/C27H26FN3O2/c1-3-27(22-7-9-23(28)10-8-22)31-16-4-5-21(26(31)30-33-27)17-19-6-11-24(25(18-19)32-2)20-12-14-29-15-13-20/h6-15,17-18H,3-5,16H2,1-2H3. The van der Waals surface area contributed by atoms with Crippen LogP contribution < -0.4 is 4.74 Å². The third kappa shape index (κ3) is 3.75. The van der Waals surface area contributed by atoms with Crippen LogP contribution in [0.3, 0.4) is 0 Å². The van der Waals surface area contributed by atoms with Crippen LogP contribution in [0.5, 0.6) is 5.75 Å². The van der Waals surface area contributed by atoms with Crippen LogP contribution in [-0.2, 0) is 10.6 Å². The second kappa shape index (κ2) is 8.70. The zero-order chi connectivity index (χ0) is 22.8. The van der Waals surface area contributed by atoms with Crippen molar-refractivity contribution in [2.75, 3.05) is 13.7 Å². The molecule has 1 aromatic heterocycles. The summed E-state index contributed by atoms with van der Waals surface area (Å²) in [6, 6.07) is 16.7. The van der Waals surface area contributed by atoms with Gasteiger partial charge in [0.2, 0.25) is 5.72 Å². The van der Waals surface area contributed by atoms with E-state index < -0.39 is 5.72 Å². The van der Waals surface area contributed by atoms with Gasteiger partial charge in [-0.3, -0.25) is 4.98 Å².